The van der Waals surface area contributed by atoms with Crippen LogP contribution in [0.3, 0.4) is 0 Å². The summed E-state index contributed by atoms with van der Waals surface area (Å²) in [6, 6.07) is 17.7. The second-order valence-electron chi connectivity index (χ2n) is 8.40. The first kappa shape index (κ1) is 22.8. The molecule has 0 saturated carbocycles. The number of nitrogens with one attached hydrogen (secondary N) is 1. The van der Waals surface area contributed by atoms with E-state index in [9.17, 15) is 8.42 Å². The molecule has 1 saturated heterocycles. The molecule has 1 aliphatic heterocycles. The predicted octanol–water partition coefficient (Wildman–Crippen LogP) is 5.71. The van der Waals surface area contributed by atoms with Crippen molar-refractivity contribution in [2.75, 3.05) is 25.0 Å². The molecular weight excluding hydrogens is 392 g/mol. The Morgan fingerprint density at radius 1 is 0.900 bits per heavy atom. The highest BCUT2D eigenvalue weighted by Crippen LogP contribution is 2.26. The van der Waals surface area contributed by atoms with Gasteiger partial charge in [0.1, 0.15) is 0 Å². The van der Waals surface area contributed by atoms with Gasteiger partial charge in [-0.2, -0.15) is 4.31 Å². The highest BCUT2D eigenvalue weighted by molar-refractivity contribution is 7.89. The lowest BCUT2D eigenvalue weighted by Gasteiger charge is -2.31. The minimum Gasteiger partial charge on any atom is -0.385 e. The number of piperidine rings is 1. The van der Waals surface area contributed by atoms with Crippen LogP contribution in [0.4, 0.5) is 5.69 Å². The van der Waals surface area contributed by atoms with Gasteiger partial charge in [-0.1, -0.05) is 62.9 Å². The van der Waals surface area contributed by atoms with E-state index >= 15 is 0 Å². The van der Waals surface area contributed by atoms with Crippen molar-refractivity contribution < 1.29 is 8.42 Å². The topological polar surface area (TPSA) is 49.4 Å². The lowest BCUT2D eigenvalue weighted by Crippen LogP contribution is -2.38. The van der Waals surface area contributed by atoms with Gasteiger partial charge in [0.15, 0.2) is 0 Å². The summed E-state index contributed by atoms with van der Waals surface area (Å²) in [6.45, 7) is 4.38. The summed E-state index contributed by atoms with van der Waals surface area (Å²) < 4.78 is 27.7. The van der Waals surface area contributed by atoms with E-state index < -0.39 is 10.0 Å². The first-order chi connectivity index (χ1) is 14.6. The molecule has 0 amide bonds. The summed E-state index contributed by atoms with van der Waals surface area (Å²) in [6.07, 6.45) is 9.12. The molecule has 1 fully saturated rings. The molecule has 30 heavy (non-hydrogen) atoms. The Balaban J connectivity index is 1.47. The summed E-state index contributed by atoms with van der Waals surface area (Å²) in [5, 5.41) is 3.40. The molecule has 0 atom stereocenters. The van der Waals surface area contributed by atoms with E-state index in [4.69, 9.17) is 0 Å². The maximum Gasteiger partial charge on any atom is 0.243 e. The van der Waals surface area contributed by atoms with E-state index in [1.807, 2.05) is 18.2 Å². The quantitative estimate of drug-likeness (QED) is 0.466. The molecular formula is C25H36N2O2S. The summed E-state index contributed by atoms with van der Waals surface area (Å²) in [5.74, 6) is 0.558. The highest BCUT2D eigenvalue weighted by Gasteiger charge is 2.29. The molecule has 0 bridgehead atoms. The van der Waals surface area contributed by atoms with Crippen molar-refractivity contribution in [2.45, 2.75) is 63.2 Å². The molecule has 0 aliphatic carbocycles. The molecule has 2 aromatic rings. The molecule has 0 unspecified atom stereocenters. The first-order valence-electron chi connectivity index (χ1n) is 11.5. The zero-order valence-corrected chi connectivity index (χ0v) is 19.0. The maximum atomic E-state index is 13.0. The number of hydrogen-bond donors (Lipinski definition) is 1. The van der Waals surface area contributed by atoms with Crippen LogP contribution in [0.5, 0.6) is 0 Å². The lowest BCUT2D eigenvalue weighted by molar-refractivity contribution is 0.273. The maximum absolute atomic E-state index is 13.0. The molecule has 164 valence electrons. The van der Waals surface area contributed by atoms with Crippen molar-refractivity contribution in [1.82, 2.24) is 4.31 Å². The van der Waals surface area contributed by atoms with Crippen molar-refractivity contribution >= 4 is 15.7 Å². The van der Waals surface area contributed by atoms with Crippen LogP contribution < -0.4 is 5.32 Å². The minimum atomic E-state index is -3.40. The van der Waals surface area contributed by atoms with Crippen LogP contribution in [0.1, 0.15) is 57.4 Å². The molecule has 0 radical (unpaired) electrons. The van der Waals surface area contributed by atoms with Crippen molar-refractivity contribution in [2.24, 2.45) is 5.92 Å². The second-order valence-corrected chi connectivity index (χ2v) is 10.3. The zero-order valence-electron chi connectivity index (χ0n) is 18.2. The van der Waals surface area contributed by atoms with Crippen LogP contribution in [-0.4, -0.2) is 32.4 Å². The average molecular weight is 429 g/mol. The van der Waals surface area contributed by atoms with Gasteiger partial charge in [0, 0.05) is 25.3 Å². The van der Waals surface area contributed by atoms with Gasteiger partial charge >= 0.3 is 0 Å². The third-order valence-corrected chi connectivity index (χ3v) is 7.96. The second kappa shape index (κ2) is 11.5. The molecule has 3 rings (SSSR count). The largest absolute Gasteiger partial charge is 0.385 e. The number of sulfonamides is 1. The minimum absolute atomic E-state index is 0.400. The van der Waals surface area contributed by atoms with E-state index in [0.717, 1.165) is 37.9 Å². The van der Waals surface area contributed by atoms with Crippen molar-refractivity contribution in [3.63, 3.8) is 0 Å². The molecule has 1 N–H and O–H groups in total. The fourth-order valence-corrected chi connectivity index (χ4v) is 5.63. The standard InChI is InChI=1S/C25H36N2O2S/c1-2-3-4-5-9-18-26-24-12-14-25(15-13-24)30(28,29)27-19-16-23(17-20-27)21-22-10-7-6-8-11-22/h6-8,10-15,23,26H,2-5,9,16-21H2,1H3. The Morgan fingerprint density at radius 2 is 1.57 bits per heavy atom. The van der Waals surface area contributed by atoms with Gasteiger partial charge < -0.3 is 5.32 Å². The van der Waals surface area contributed by atoms with Crippen molar-refractivity contribution in [3.8, 4) is 0 Å². The Morgan fingerprint density at radius 3 is 2.23 bits per heavy atom. The first-order valence-corrected chi connectivity index (χ1v) is 12.9. The van der Waals surface area contributed by atoms with Gasteiger partial charge in [0.05, 0.1) is 4.90 Å². The monoisotopic (exact) mass is 428 g/mol. The van der Waals surface area contributed by atoms with Crippen LogP contribution in [0.25, 0.3) is 0 Å². The van der Waals surface area contributed by atoms with E-state index in [1.54, 1.807) is 16.4 Å². The Labute approximate surface area is 182 Å². The summed E-state index contributed by atoms with van der Waals surface area (Å²) >= 11 is 0. The van der Waals surface area contributed by atoms with Crippen LogP contribution in [-0.2, 0) is 16.4 Å². The number of hydrogen-bond acceptors (Lipinski definition) is 3. The average Bonchev–Trinajstić information content (AvgIpc) is 2.77. The smallest absolute Gasteiger partial charge is 0.243 e. The van der Waals surface area contributed by atoms with E-state index in [2.05, 4.69) is 36.5 Å². The molecule has 2 aromatic carbocycles. The van der Waals surface area contributed by atoms with Gasteiger partial charge in [-0.15, -0.1) is 0 Å². The fourth-order valence-electron chi connectivity index (χ4n) is 4.16. The predicted molar refractivity (Wildman–Crippen MR) is 125 cm³/mol. The van der Waals surface area contributed by atoms with Crippen molar-refractivity contribution in [3.05, 3.63) is 60.2 Å². The lowest BCUT2D eigenvalue weighted by atomic mass is 9.91. The number of anilines is 1. The third kappa shape index (κ3) is 6.58. The van der Waals surface area contributed by atoms with E-state index in [-0.39, 0.29) is 0 Å². The number of unbranched alkanes of at least 4 members (excludes halogenated alkanes) is 4. The summed E-state index contributed by atoms with van der Waals surface area (Å²) in [5.41, 5.74) is 2.33. The van der Waals surface area contributed by atoms with Crippen LogP contribution in [0, 0.1) is 5.92 Å². The van der Waals surface area contributed by atoms with Gasteiger partial charge in [0.2, 0.25) is 10.0 Å². The Hall–Kier alpha value is -1.85. The van der Waals surface area contributed by atoms with E-state index in [1.165, 1.54) is 31.2 Å². The van der Waals surface area contributed by atoms with Gasteiger partial charge in [-0.3, -0.25) is 0 Å². The molecule has 5 heteroatoms. The number of nitrogens with zero attached hydrogens (tertiary/aromatic N) is 1. The molecule has 4 nitrogen and oxygen atoms in total. The summed E-state index contributed by atoms with van der Waals surface area (Å²) in [7, 11) is -3.40. The van der Waals surface area contributed by atoms with Gasteiger partial charge in [-0.05, 0) is 61.4 Å². The fraction of sp³-hybridized carbons (Fsp3) is 0.520. The number of rotatable bonds is 11. The number of benzene rings is 2. The Kier molecular flexibility index (Phi) is 8.76. The van der Waals surface area contributed by atoms with E-state index in [0.29, 0.717) is 23.9 Å². The van der Waals surface area contributed by atoms with Crippen LogP contribution in [0.15, 0.2) is 59.5 Å². The zero-order chi connectivity index (χ0) is 21.2. The molecule has 0 aromatic heterocycles. The third-order valence-electron chi connectivity index (χ3n) is 6.04. The van der Waals surface area contributed by atoms with Crippen LogP contribution in [0.2, 0.25) is 0 Å². The van der Waals surface area contributed by atoms with Gasteiger partial charge in [-0.25, -0.2) is 8.42 Å². The molecule has 0 spiro atoms. The SMILES string of the molecule is CCCCCCCNc1ccc(S(=O)(=O)N2CCC(Cc3ccccc3)CC2)cc1. The van der Waals surface area contributed by atoms with Crippen molar-refractivity contribution in [1.29, 1.82) is 0 Å². The van der Waals surface area contributed by atoms with Crippen LogP contribution >= 0.6 is 0 Å². The molecule has 1 aliphatic rings. The summed E-state index contributed by atoms with van der Waals surface area (Å²) in [4.78, 5) is 0.400. The van der Waals surface area contributed by atoms with Gasteiger partial charge in [0.25, 0.3) is 0 Å². The highest BCUT2D eigenvalue weighted by atomic mass is 32.2. The Bertz CT molecular complexity index is 842. The molecule has 1 heterocycles. The normalized spacial score (nSPS) is 15.9.